The van der Waals surface area contributed by atoms with E-state index >= 15 is 0 Å². The lowest BCUT2D eigenvalue weighted by atomic mass is 9.93. The van der Waals surface area contributed by atoms with Crippen molar-refractivity contribution in [1.82, 2.24) is 9.13 Å². The molecule has 12 rings (SSSR count). The van der Waals surface area contributed by atoms with Gasteiger partial charge < -0.3 is 18.0 Å². The van der Waals surface area contributed by atoms with Crippen LogP contribution in [0.4, 0.5) is 0 Å². The Balaban J connectivity index is 1.11. The molecule has 4 aromatic heterocycles. The van der Waals surface area contributed by atoms with Gasteiger partial charge in [-0.3, -0.25) is 0 Å². The van der Waals surface area contributed by atoms with Gasteiger partial charge in [-0.15, -0.1) is 0 Å². The van der Waals surface area contributed by atoms with E-state index in [1.54, 1.807) is 0 Å². The van der Waals surface area contributed by atoms with Crippen LogP contribution in [-0.4, -0.2) is 9.13 Å². The van der Waals surface area contributed by atoms with E-state index in [-0.39, 0.29) is 0 Å². The first-order valence-electron chi connectivity index (χ1n) is 18.5. The normalized spacial score (nSPS) is 11.9. The topological polar surface area (TPSA) is 83.7 Å². The molecule has 0 aliphatic carbocycles. The standard InChI is InChI=1S/C50H26N4O2/c51-27-29-10-9-17-42(54-41-16-6-2-14-37(41)49-43(54)23-22-36-34-12-3-8-19-46(34)56-50(36)49)48(29)32-21-20-31(24-30(32)28-52)53-40-15-5-1-11-33(40)38-25-39-35-13-4-7-18-45(35)55-47(39)26-44(38)53/h1-26H. The zero-order valence-corrected chi connectivity index (χ0v) is 29.6. The molecule has 0 saturated heterocycles. The predicted octanol–water partition coefficient (Wildman–Crippen LogP) is 13.1. The molecule has 0 aliphatic heterocycles. The number of hydrogen-bond donors (Lipinski definition) is 0. The van der Waals surface area contributed by atoms with E-state index in [4.69, 9.17) is 8.83 Å². The highest BCUT2D eigenvalue weighted by atomic mass is 16.3. The monoisotopic (exact) mass is 714 g/mol. The molecule has 12 aromatic rings. The van der Waals surface area contributed by atoms with Gasteiger partial charge in [-0.2, -0.15) is 10.5 Å². The lowest BCUT2D eigenvalue weighted by molar-refractivity contribution is 0.669. The summed E-state index contributed by atoms with van der Waals surface area (Å²) in [4.78, 5) is 0. The van der Waals surface area contributed by atoms with Crippen LogP contribution in [0.5, 0.6) is 0 Å². The van der Waals surface area contributed by atoms with Gasteiger partial charge in [0.05, 0.1) is 56.4 Å². The first-order chi connectivity index (χ1) is 27.7. The molecule has 0 amide bonds. The van der Waals surface area contributed by atoms with Gasteiger partial charge in [0.15, 0.2) is 0 Å². The van der Waals surface area contributed by atoms with Crippen molar-refractivity contribution in [2.75, 3.05) is 0 Å². The maximum atomic E-state index is 10.9. The summed E-state index contributed by atoms with van der Waals surface area (Å²) in [5.74, 6) is 0. The van der Waals surface area contributed by atoms with Crippen molar-refractivity contribution >= 4 is 87.5 Å². The molecule has 0 aliphatic rings. The number of nitrogens with zero attached hydrogens (tertiary/aromatic N) is 4. The molecule has 0 fully saturated rings. The number of hydrogen-bond acceptors (Lipinski definition) is 4. The second-order valence-electron chi connectivity index (χ2n) is 14.3. The first kappa shape index (κ1) is 30.4. The van der Waals surface area contributed by atoms with Crippen LogP contribution < -0.4 is 0 Å². The Bertz CT molecular complexity index is 3750. The second-order valence-corrected chi connectivity index (χ2v) is 14.3. The Morgan fingerprint density at radius 1 is 0.411 bits per heavy atom. The zero-order valence-electron chi connectivity index (χ0n) is 29.6. The van der Waals surface area contributed by atoms with Crippen molar-refractivity contribution in [2.24, 2.45) is 0 Å². The number of benzene rings is 8. The Morgan fingerprint density at radius 3 is 1.88 bits per heavy atom. The van der Waals surface area contributed by atoms with E-state index in [2.05, 4.69) is 88.0 Å². The molecule has 0 spiro atoms. The van der Waals surface area contributed by atoms with Crippen LogP contribution >= 0.6 is 0 Å². The third-order valence-corrected chi connectivity index (χ3v) is 11.4. The lowest BCUT2D eigenvalue weighted by Gasteiger charge is -2.17. The smallest absolute Gasteiger partial charge is 0.145 e. The van der Waals surface area contributed by atoms with E-state index in [0.717, 1.165) is 98.9 Å². The van der Waals surface area contributed by atoms with Gasteiger partial charge in [0.2, 0.25) is 0 Å². The average Bonchev–Trinajstić information content (AvgIpc) is 3.99. The molecular formula is C50H26N4O2. The highest BCUT2D eigenvalue weighted by Crippen LogP contribution is 2.44. The molecule has 6 heteroatoms. The van der Waals surface area contributed by atoms with Crippen molar-refractivity contribution < 1.29 is 8.83 Å². The zero-order chi connectivity index (χ0) is 37.1. The molecule has 0 saturated carbocycles. The minimum absolute atomic E-state index is 0.461. The largest absolute Gasteiger partial charge is 0.456 e. The highest BCUT2D eigenvalue weighted by molar-refractivity contribution is 6.24. The minimum atomic E-state index is 0.461. The Morgan fingerprint density at radius 2 is 1.09 bits per heavy atom. The van der Waals surface area contributed by atoms with Crippen LogP contribution in [0.15, 0.2) is 167 Å². The number of fused-ring (bicyclic) bond motifs is 13. The number of furan rings is 2. The summed E-state index contributed by atoms with van der Waals surface area (Å²) in [6.07, 6.45) is 0. The summed E-state index contributed by atoms with van der Waals surface area (Å²) >= 11 is 0. The maximum absolute atomic E-state index is 10.9. The fourth-order valence-electron chi connectivity index (χ4n) is 9.04. The molecule has 0 bridgehead atoms. The van der Waals surface area contributed by atoms with E-state index in [1.165, 1.54) is 0 Å². The summed E-state index contributed by atoms with van der Waals surface area (Å²) in [7, 11) is 0. The molecule has 6 nitrogen and oxygen atoms in total. The Labute approximate surface area is 318 Å². The van der Waals surface area contributed by atoms with Gasteiger partial charge in [0.25, 0.3) is 0 Å². The van der Waals surface area contributed by atoms with Gasteiger partial charge in [0, 0.05) is 60.6 Å². The Kier molecular flexibility index (Phi) is 6.10. The highest BCUT2D eigenvalue weighted by Gasteiger charge is 2.24. The summed E-state index contributed by atoms with van der Waals surface area (Å²) < 4.78 is 17.3. The van der Waals surface area contributed by atoms with Crippen LogP contribution in [0.25, 0.3) is 110 Å². The summed E-state index contributed by atoms with van der Waals surface area (Å²) in [6, 6.07) is 58.1. The molecule has 0 unspecified atom stereocenters. The van der Waals surface area contributed by atoms with Crippen LogP contribution in [-0.2, 0) is 0 Å². The molecular weight excluding hydrogens is 689 g/mol. The van der Waals surface area contributed by atoms with Crippen LogP contribution in [0.3, 0.4) is 0 Å². The van der Waals surface area contributed by atoms with Crippen LogP contribution in [0, 0.1) is 22.7 Å². The van der Waals surface area contributed by atoms with E-state index in [9.17, 15) is 10.5 Å². The number of rotatable bonds is 3. The van der Waals surface area contributed by atoms with Crippen molar-refractivity contribution in [3.8, 4) is 34.6 Å². The predicted molar refractivity (Wildman–Crippen MR) is 225 cm³/mol. The van der Waals surface area contributed by atoms with Gasteiger partial charge in [-0.05, 0) is 66.7 Å². The lowest BCUT2D eigenvalue weighted by Crippen LogP contribution is -2.02. The maximum Gasteiger partial charge on any atom is 0.145 e. The quantitative estimate of drug-likeness (QED) is 0.182. The SMILES string of the molecule is N#Cc1cc(-n2c3ccccc3c3cc4c(cc32)oc2ccccc24)ccc1-c1c(C#N)cccc1-n1c2ccccc2c2c3oc4ccccc4c3ccc21. The minimum Gasteiger partial charge on any atom is -0.456 e. The molecule has 4 heterocycles. The molecule has 56 heavy (non-hydrogen) atoms. The van der Waals surface area contributed by atoms with E-state index in [0.29, 0.717) is 22.3 Å². The Hall–Kier alpha value is -8.06. The number of nitriles is 2. The second kappa shape index (κ2) is 11.2. The van der Waals surface area contributed by atoms with Gasteiger partial charge in [-0.25, -0.2) is 0 Å². The number of para-hydroxylation sites is 4. The fraction of sp³-hybridized carbons (Fsp3) is 0. The molecule has 0 atom stereocenters. The van der Waals surface area contributed by atoms with Gasteiger partial charge >= 0.3 is 0 Å². The average molecular weight is 715 g/mol. The van der Waals surface area contributed by atoms with Crippen molar-refractivity contribution in [3.63, 3.8) is 0 Å². The molecule has 8 aromatic carbocycles. The van der Waals surface area contributed by atoms with Crippen molar-refractivity contribution in [3.05, 3.63) is 169 Å². The molecule has 0 N–H and O–H groups in total. The summed E-state index contributed by atoms with van der Waals surface area (Å²) in [6.45, 7) is 0. The van der Waals surface area contributed by atoms with Crippen molar-refractivity contribution in [2.45, 2.75) is 0 Å². The molecule has 0 radical (unpaired) electrons. The van der Waals surface area contributed by atoms with Crippen LogP contribution in [0.2, 0.25) is 0 Å². The van der Waals surface area contributed by atoms with Gasteiger partial charge in [-0.1, -0.05) is 84.9 Å². The fourth-order valence-corrected chi connectivity index (χ4v) is 9.04. The third-order valence-electron chi connectivity index (χ3n) is 11.4. The van der Waals surface area contributed by atoms with E-state index < -0.39 is 0 Å². The van der Waals surface area contributed by atoms with E-state index in [1.807, 2.05) is 91.0 Å². The van der Waals surface area contributed by atoms with Crippen LogP contribution in [0.1, 0.15) is 11.1 Å². The van der Waals surface area contributed by atoms with Gasteiger partial charge in [0.1, 0.15) is 22.3 Å². The third kappa shape index (κ3) is 4.02. The molecule has 258 valence electrons. The van der Waals surface area contributed by atoms with Crippen molar-refractivity contribution in [1.29, 1.82) is 10.5 Å². The summed E-state index contributed by atoms with van der Waals surface area (Å²) in [5, 5.41) is 30.0. The first-order valence-corrected chi connectivity index (χ1v) is 18.5. The summed E-state index contributed by atoms with van der Waals surface area (Å²) in [5.41, 5.74) is 11.2. The number of aromatic nitrogens is 2.